The van der Waals surface area contributed by atoms with E-state index >= 15 is 0 Å². The highest BCUT2D eigenvalue weighted by Crippen LogP contribution is 2.27. The Balaban J connectivity index is 0.00000210. The van der Waals surface area contributed by atoms with Crippen molar-refractivity contribution in [3.63, 3.8) is 0 Å². The fourth-order valence-electron chi connectivity index (χ4n) is 3.99. The SMILES string of the molecule is CCNC(=NCc1nnc2n1CCC2)N1CCC(C)C(n2ccnc2)C1.I. The summed E-state index contributed by atoms with van der Waals surface area (Å²) in [6.45, 7) is 8.87. The van der Waals surface area contributed by atoms with Crippen LogP contribution in [0.15, 0.2) is 23.7 Å². The number of halogens is 1. The summed E-state index contributed by atoms with van der Waals surface area (Å²) in [5.41, 5.74) is 0. The van der Waals surface area contributed by atoms with Crippen LogP contribution in [-0.4, -0.2) is 54.8 Å². The standard InChI is InChI=1S/C18H28N8.HI/c1-3-20-18(21-11-17-23-22-16-5-4-8-26(16)17)24-9-6-14(2)15(12-24)25-10-7-19-13-25;/h7,10,13-15H,3-6,8-9,11-12H2,1-2H3,(H,20,21);1H. The van der Waals surface area contributed by atoms with Gasteiger partial charge in [-0.2, -0.15) is 0 Å². The Kier molecular flexibility index (Phi) is 6.72. The molecule has 4 heterocycles. The molecule has 0 aromatic carbocycles. The summed E-state index contributed by atoms with van der Waals surface area (Å²) in [6, 6.07) is 0.424. The Morgan fingerprint density at radius 1 is 1.33 bits per heavy atom. The second kappa shape index (κ2) is 9.03. The van der Waals surface area contributed by atoms with Gasteiger partial charge in [0.05, 0.1) is 12.4 Å². The van der Waals surface area contributed by atoms with Crippen LogP contribution >= 0.6 is 24.0 Å². The number of nitrogens with one attached hydrogen (secondary N) is 1. The molecular weight excluding hydrogens is 455 g/mol. The van der Waals surface area contributed by atoms with Crippen molar-refractivity contribution in [2.75, 3.05) is 19.6 Å². The molecule has 2 aliphatic heterocycles. The molecule has 0 radical (unpaired) electrons. The molecule has 9 heteroatoms. The van der Waals surface area contributed by atoms with Crippen molar-refractivity contribution in [2.24, 2.45) is 10.9 Å². The highest BCUT2D eigenvalue weighted by Gasteiger charge is 2.29. The maximum absolute atomic E-state index is 4.88. The Morgan fingerprint density at radius 2 is 2.22 bits per heavy atom. The lowest BCUT2D eigenvalue weighted by molar-refractivity contribution is 0.189. The predicted molar refractivity (Wildman–Crippen MR) is 115 cm³/mol. The number of aromatic nitrogens is 5. The lowest BCUT2D eigenvalue weighted by Crippen LogP contribution is -2.49. The van der Waals surface area contributed by atoms with Gasteiger partial charge in [-0.3, -0.25) is 0 Å². The molecule has 27 heavy (non-hydrogen) atoms. The summed E-state index contributed by atoms with van der Waals surface area (Å²) in [6.07, 6.45) is 9.19. The van der Waals surface area contributed by atoms with Gasteiger partial charge in [0.1, 0.15) is 12.4 Å². The van der Waals surface area contributed by atoms with Crippen molar-refractivity contribution in [2.45, 2.75) is 52.2 Å². The normalized spacial score (nSPS) is 22.4. The third-order valence-electron chi connectivity index (χ3n) is 5.52. The van der Waals surface area contributed by atoms with Gasteiger partial charge >= 0.3 is 0 Å². The highest BCUT2D eigenvalue weighted by molar-refractivity contribution is 14.0. The van der Waals surface area contributed by atoms with E-state index in [1.165, 1.54) is 0 Å². The summed E-state index contributed by atoms with van der Waals surface area (Å²) in [7, 11) is 0. The minimum Gasteiger partial charge on any atom is -0.357 e. The topological polar surface area (TPSA) is 76.2 Å². The number of imidazole rings is 1. The molecule has 1 fully saturated rings. The predicted octanol–water partition coefficient (Wildman–Crippen LogP) is 2.09. The van der Waals surface area contributed by atoms with Crippen LogP contribution in [0.2, 0.25) is 0 Å². The third kappa shape index (κ3) is 4.27. The van der Waals surface area contributed by atoms with E-state index in [1.54, 1.807) is 0 Å². The molecule has 0 aliphatic carbocycles. The average molecular weight is 484 g/mol. The van der Waals surface area contributed by atoms with Crippen molar-refractivity contribution in [1.82, 2.24) is 34.5 Å². The van der Waals surface area contributed by atoms with Gasteiger partial charge < -0.3 is 19.4 Å². The fraction of sp³-hybridized carbons (Fsp3) is 0.667. The first-order valence-electron chi connectivity index (χ1n) is 9.68. The molecule has 2 atom stereocenters. The number of fused-ring (bicyclic) bond motifs is 1. The van der Waals surface area contributed by atoms with Crippen molar-refractivity contribution < 1.29 is 0 Å². The van der Waals surface area contributed by atoms with Crippen molar-refractivity contribution in [3.8, 4) is 0 Å². The highest BCUT2D eigenvalue weighted by atomic mass is 127. The van der Waals surface area contributed by atoms with E-state index in [1.807, 2.05) is 12.5 Å². The second-order valence-electron chi connectivity index (χ2n) is 7.25. The summed E-state index contributed by atoms with van der Waals surface area (Å²) in [4.78, 5) is 11.5. The van der Waals surface area contributed by atoms with Gasteiger partial charge in [0.25, 0.3) is 0 Å². The van der Waals surface area contributed by atoms with Gasteiger partial charge in [-0.25, -0.2) is 9.98 Å². The molecule has 148 valence electrons. The first kappa shape index (κ1) is 20.1. The molecule has 0 amide bonds. The van der Waals surface area contributed by atoms with E-state index in [0.717, 1.165) is 63.0 Å². The number of aryl methyl sites for hydroxylation is 1. The van der Waals surface area contributed by atoms with Gasteiger partial charge in [-0.05, 0) is 25.7 Å². The van der Waals surface area contributed by atoms with Gasteiger partial charge in [0.2, 0.25) is 0 Å². The van der Waals surface area contributed by atoms with Crippen LogP contribution in [0.3, 0.4) is 0 Å². The van der Waals surface area contributed by atoms with E-state index in [4.69, 9.17) is 4.99 Å². The second-order valence-corrected chi connectivity index (χ2v) is 7.25. The van der Waals surface area contributed by atoms with E-state index in [9.17, 15) is 0 Å². The number of likely N-dealkylation sites (tertiary alicyclic amines) is 1. The maximum Gasteiger partial charge on any atom is 0.194 e. The van der Waals surface area contributed by atoms with Crippen LogP contribution in [0.5, 0.6) is 0 Å². The summed E-state index contributed by atoms with van der Waals surface area (Å²) >= 11 is 0. The maximum atomic E-state index is 4.88. The Labute approximate surface area is 177 Å². The molecule has 1 N–H and O–H groups in total. The van der Waals surface area contributed by atoms with Crippen LogP contribution in [0.25, 0.3) is 0 Å². The van der Waals surface area contributed by atoms with Crippen LogP contribution in [-0.2, 0) is 19.5 Å². The zero-order chi connectivity index (χ0) is 17.9. The lowest BCUT2D eigenvalue weighted by atomic mass is 9.93. The van der Waals surface area contributed by atoms with Crippen LogP contribution in [0, 0.1) is 5.92 Å². The van der Waals surface area contributed by atoms with E-state index in [-0.39, 0.29) is 24.0 Å². The molecule has 0 saturated carbocycles. The van der Waals surface area contributed by atoms with Gasteiger partial charge in [0, 0.05) is 45.0 Å². The first-order chi connectivity index (χ1) is 12.8. The fourth-order valence-corrected chi connectivity index (χ4v) is 3.99. The molecule has 2 aromatic heterocycles. The average Bonchev–Trinajstić information content (AvgIpc) is 3.38. The molecule has 4 rings (SSSR count). The minimum atomic E-state index is 0. The smallest absolute Gasteiger partial charge is 0.194 e. The largest absolute Gasteiger partial charge is 0.357 e. The number of hydrogen-bond donors (Lipinski definition) is 1. The Hall–Kier alpha value is -1.65. The molecule has 2 aliphatic rings. The molecular formula is C18H29IN8. The Morgan fingerprint density at radius 3 is 3.00 bits per heavy atom. The molecule has 0 spiro atoms. The summed E-state index contributed by atoms with van der Waals surface area (Å²) < 4.78 is 4.45. The van der Waals surface area contributed by atoms with Crippen molar-refractivity contribution in [1.29, 1.82) is 0 Å². The Bertz CT molecular complexity index is 754. The van der Waals surface area contributed by atoms with E-state index < -0.39 is 0 Å². The molecule has 8 nitrogen and oxygen atoms in total. The number of nitrogens with zero attached hydrogens (tertiary/aromatic N) is 7. The summed E-state index contributed by atoms with van der Waals surface area (Å²) in [5.74, 6) is 3.68. The van der Waals surface area contributed by atoms with Gasteiger partial charge in [0.15, 0.2) is 11.8 Å². The number of piperidine rings is 1. The zero-order valence-corrected chi connectivity index (χ0v) is 18.4. The molecule has 1 saturated heterocycles. The van der Waals surface area contributed by atoms with Gasteiger partial charge in [-0.15, -0.1) is 34.2 Å². The third-order valence-corrected chi connectivity index (χ3v) is 5.52. The summed E-state index contributed by atoms with van der Waals surface area (Å²) in [5, 5.41) is 12.1. The van der Waals surface area contributed by atoms with Crippen molar-refractivity contribution >= 4 is 29.9 Å². The number of hydrogen-bond acceptors (Lipinski definition) is 4. The first-order valence-corrected chi connectivity index (χ1v) is 9.68. The molecule has 2 aromatic rings. The van der Waals surface area contributed by atoms with E-state index in [0.29, 0.717) is 18.5 Å². The monoisotopic (exact) mass is 484 g/mol. The number of guanidine groups is 1. The van der Waals surface area contributed by atoms with E-state index in [2.05, 4.69) is 54.6 Å². The lowest BCUT2D eigenvalue weighted by Gasteiger charge is -2.39. The quantitative estimate of drug-likeness (QED) is 0.409. The van der Waals surface area contributed by atoms with Crippen LogP contribution in [0.1, 0.15) is 44.4 Å². The number of aliphatic imine (C=N–C) groups is 1. The van der Waals surface area contributed by atoms with Crippen LogP contribution in [0.4, 0.5) is 0 Å². The van der Waals surface area contributed by atoms with Gasteiger partial charge in [-0.1, -0.05) is 6.92 Å². The zero-order valence-electron chi connectivity index (χ0n) is 16.1. The van der Waals surface area contributed by atoms with Crippen LogP contribution < -0.4 is 5.32 Å². The number of rotatable bonds is 4. The molecule has 2 unspecified atom stereocenters. The minimum absolute atomic E-state index is 0. The molecule has 0 bridgehead atoms. The van der Waals surface area contributed by atoms with Crippen molar-refractivity contribution in [3.05, 3.63) is 30.4 Å².